The normalized spacial score (nSPS) is 12.8. The Bertz CT molecular complexity index is 731. The van der Waals surface area contributed by atoms with Crippen LogP contribution in [0.1, 0.15) is 26.5 Å². The van der Waals surface area contributed by atoms with Crippen LogP contribution < -0.4 is 5.32 Å². The van der Waals surface area contributed by atoms with Crippen molar-refractivity contribution >= 4 is 52.1 Å². The summed E-state index contributed by atoms with van der Waals surface area (Å²) < 4.78 is 5.05. The molecule has 2 aromatic rings. The predicted molar refractivity (Wildman–Crippen MR) is 91.7 cm³/mol. The molecule has 1 amide bonds. The number of aryl methyl sites for hydroxylation is 2. The first-order valence-electron chi connectivity index (χ1n) is 7.06. The van der Waals surface area contributed by atoms with Crippen LogP contribution in [-0.2, 0) is 22.4 Å². The van der Waals surface area contributed by atoms with E-state index in [1.165, 1.54) is 21.8 Å². The van der Waals surface area contributed by atoms with Gasteiger partial charge in [0.2, 0.25) is 0 Å². The van der Waals surface area contributed by atoms with Crippen molar-refractivity contribution in [2.45, 2.75) is 19.3 Å². The molecule has 1 aliphatic carbocycles. The molecule has 3 rings (SSSR count). The second-order valence-corrected chi connectivity index (χ2v) is 7.20. The maximum atomic E-state index is 12.0. The summed E-state index contributed by atoms with van der Waals surface area (Å²) in [6.07, 6.45) is 3.17. The molecular weight excluding hydrogens is 357 g/mol. The van der Waals surface area contributed by atoms with E-state index in [2.05, 4.69) is 5.32 Å². The van der Waals surface area contributed by atoms with Gasteiger partial charge in [-0.1, -0.05) is 23.2 Å². The summed E-state index contributed by atoms with van der Waals surface area (Å²) in [5.41, 5.74) is 1.68. The van der Waals surface area contributed by atoms with Gasteiger partial charge in [-0.25, -0.2) is 4.79 Å². The Morgan fingerprint density at radius 1 is 1.13 bits per heavy atom. The van der Waals surface area contributed by atoms with Crippen molar-refractivity contribution in [1.82, 2.24) is 0 Å². The molecule has 0 spiro atoms. The smallest absolute Gasteiger partial charge is 0.348 e. The molecule has 1 aliphatic rings. The molecule has 1 N–H and O–H groups in total. The lowest BCUT2D eigenvalue weighted by molar-refractivity contribution is -0.119. The zero-order valence-electron chi connectivity index (χ0n) is 12.0. The van der Waals surface area contributed by atoms with Crippen LogP contribution in [0.4, 0.5) is 5.69 Å². The van der Waals surface area contributed by atoms with Gasteiger partial charge in [0, 0.05) is 20.6 Å². The molecule has 7 heteroatoms. The van der Waals surface area contributed by atoms with Crippen LogP contribution in [0.3, 0.4) is 0 Å². The lowest BCUT2D eigenvalue weighted by Gasteiger charge is -2.07. The molecule has 0 radical (unpaired) electrons. The molecule has 0 aliphatic heterocycles. The van der Waals surface area contributed by atoms with Crippen molar-refractivity contribution in [2.75, 3.05) is 11.9 Å². The number of benzene rings is 1. The molecule has 4 nitrogen and oxygen atoms in total. The first-order chi connectivity index (χ1) is 11.0. The van der Waals surface area contributed by atoms with Gasteiger partial charge < -0.3 is 10.1 Å². The van der Waals surface area contributed by atoms with Gasteiger partial charge in [-0.05, 0) is 49.1 Å². The van der Waals surface area contributed by atoms with Gasteiger partial charge in [0.15, 0.2) is 6.61 Å². The molecular formula is C16H13Cl2NO3S. The Balaban J connectivity index is 1.54. The van der Waals surface area contributed by atoms with E-state index in [1.54, 1.807) is 18.2 Å². The topological polar surface area (TPSA) is 55.4 Å². The molecule has 0 saturated carbocycles. The average Bonchev–Trinajstić information content (AvgIpc) is 3.04. The van der Waals surface area contributed by atoms with Crippen molar-refractivity contribution in [1.29, 1.82) is 0 Å². The van der Waals surface area contributed by atoms with Crippen molar-refractivity contribution in [3.8, 4) is 0 Å². The van der Waals surface area contributed by atoms with E-state index in [-0.39, 0.29) is 6.61 Å². The highest BCUT2D eigenvalue weighted by molar-refractivity contribution is 7.14. The van der Waals surface area contributed by atoms with Crippen molar-refractivity contribution in [3.63, 3.8) is 0 Å². The number of halogens is 2. The van der Waals surface area contributed by atoms with E-state index in [4.69, 9.17) is 27.9 Å². The van der Waals surface area contributed by atoms with Crippen molar-refractivity contribution in [2.24, 2.45) is 0 Å². The summed E-state index contributed by atoms with van der Waals surface area (Å²) in [7, 11) is 0. The number of ether oxygens (including phenoxy) is 1. The predicted octanol–water partition coefficient (Wildman–Crippen LogP) is 4.34. The van der Waals surface area contributed by atoms with Crippen molar-refractivity contribution in [3.05, 3.63) is 49.6 Å². The second kappa shape index (κ2) is 6.91. The largest absolute Gasteiger partial charge is 0.451 e. The number of carbonyl (C=O) groups is 2. The first kappa shape index (κ1) is 16.3. The van der Waals surface area contributed by atoms with E-state index < -0.39 is 11.9 Å². The Kier molecular flexibility index (Phi) is 4.90. The zero-order chi connectivity index (χ0) is 16.4. The molecule has 1 heterocycles. The Labute approximate surface area is 147 Å². The van der Waals surface area contributed by atoms with Gasteiger partial charge in [0.05, 0.1) is 0 Å². The Hall–Kier alpha value is -1.56. The summed E-state index contributed by atoms with van der Waals surface area (Å²) >= 11 is 13.2. The molecule has 1 aromatic heterocycles. The molecule has 0 unspecified atom stereocenters. The highest BCUT2D eigenvalue weighted by Crippen LogP contribution is 2.31. The van der Waals surface area contributed by atoms with Gasteiger partial charge >= 0.3 is 5.97 Å². The number of anilines is 1. The van der Waals surface area contributed by atoms with E-state index in [9.17, 15) is 9.59 Å². The zero-order valence-corrected chi connectivity index (χ0v) is 14.4. The first-order valence-corrected chi connectivity index (χ1v) is 8.63. The van der Waals surface area contributed by atoms with Crippen LogP contribution in [0.15, 0.2) is 24.3 Å². The van der Waals surface area contributed by atoms with Crippen LogP contribution in [0.2, 0.25) is 10.0 Å². The molecule has 0 bridgehead atoms. The fraction of sp³-hybridized carbons (Fsp3) is 0.250. The Morgan fingerprint density at radius 3 is 2.57 bits per heavy atom. The second-order valence-electron chi connectivity index (χ2n) is 5.20. The maximum Gasteiger partial charge on any atom is 0.348 e. The van der Waals surface area contributed by atoms with Crippen LogP contribution >= 0.6 is 34.5 Å². The fourth-order valence-corrected chi connectivity index (χ4v) is 4.13. The molecule has 120 valence electrons. The van der Waals surface area contributed by atoms with Gasteiger partial charge in [0.1, 0.15) is 4.88 Å². The average molecular weight is 370 g/mol. The van der Waals surface area contributed by atoms with E-state index in [0.717, 1.165) is 19.3 Å². The summed E-state index contributed by atoms with van der Waals surface area (Å²) in [6.45, 7) is -0.356. The third-order valence-corrected chi connectivity index (χ3v) is 5.08. The van der Waals surface area contributed by atoms with E-state index >= 15 is 0 Å². The molecule has 0 saturated heterocycles. The van der Waals surface area contributed by atoms with Gasteiger partial charge in [-0.15, -0.1) is 11.3 Å². The minimum absolute atomic E-state index is 0.356. The third-order valence-electron chi connectivity index (χ3n) is 3.43. The number of hydrogen-bond acceptors (Lipinski definition) is 4. The number of carbonyl (C=O) groups excluding carboxylic acids is 2. The summed E-state index contributed by atoms with van der Waals surface area (Å²) in [5.74, 6) is -0.913. The highest BCUT2D eigenvalue weighted by Gasteiger charge is 2.20. The maximum absolute atomic E-state index is 12.0. The number of fused-ring (bicyclic) bond motifs is 1. The number of rotatable bonds is 4. The minimum atomic E-state index is -0.469. The monoisotopic (exact) mass is 369 g/mol. The standard InChI is InChI=1S/C16H13Cl2NO3S/c17-10-5-11(18)7-12(6-10)19-15(20)8-22-16(21)14-4-9-2-1-3-13(9)23-14/h4-7H,1-3,8H2,(H,19,20). The summed E-state index contributed by atoms with van der Waals surface area (Å²) in [5, 5.41) is 3.42. The number of nitrogens with one attached hydrogen (secondary N) is 1. The minimum Gasteiger partial charge on any atom is -0.451 e. The highest BCUT2D eigenvalue weighted by atomic mass is 35.5. The summed E-state index contributed by atoms with van der Waals surface area (Å²) in [6, 6.07) is 6.56. The summed E-state index contributed by atoms with van der Waals surface area (Å²) in [4.78, 5) is 25.6. The number of amides is 1. The SMILES string of the molecule is O=C(COC(=O)c1cc2c(s1)CCC2)Nc1cc(Cl)cc(Cl)c1. The third kappa shape index (κ3) is 4.05. The van der Waals surface area contributed by atoms with Crippen LogP contribution in [-0.4, -0.2) is 18.5 Å². The van der Waals surface area contributed by atoms with Gasteiger partial charge in [-0.3, -0.25) is 4.79 Å². The van der Waals surface area contributed by atoms with Gasteiger partial charge in [-0.2, -0.15) is 0 Å². The van der Waals surface area contributed by atoms with Crippen LogP contribution in [0.5, 0.6) is 0 Å². The molecule has 23 heavy (non-hydrogen) atoms. The lowest BCUT2D eigenvalue weighted by Crippen LogP contribution is -2.20. The number of hydrogen-bond donors (Lipinski definition) is 1. The molecule has 1 aromatic carbocycles. The van der Waals surface area contributed by atoms with Crippen LogP contribution in [0.25, 0.3) is 0 Å². The molecule has 0 atom stereocenters. The molecule has 0 fully saturated rings. The van der Waals surface area contributed by atoms with Crippen molar-refractivity contribution < 1.29 is 14.3 Å². The van der Waals surface area contributed by atoms with Crippen LogP contribution in [0, 0.1) is 0 Å². The Morgan fingerprint density at radius 2 is 1.87 bits per heavy atom. The quantitative estimate of drug-likeness (QED) is 0.815. The number of esters is 1. The fourth-order valence-electron chi connectivity index (χ4n) is 2.45. The van der Waals surface area contributed by atoms with Gasteiger partial charge in [0.25, 0.3) is 5.91 Å². The van der Waals surface area contributed by atoms with E-state index in [0.29, 0.717) is 20.6 Å². The van der Waals surface area contributed by atoms with E-state index in [1.807, 2.05) is 6.07 Å². The lowest BCUT2D eigenvalue weighted by atomic mass is 10.2. The number of thiophene rings is 1.